The molecule has 0 spiro atoms. The predicted octanol–water partition coefficient (Wildman–Crippen LogP) is 0.334. The fraction of sp³-hybridized carbons (Fsp3) is 0.200. The molecule has 2 rings (SSSR count). The van der Waals surface area contributed by atoms with Crippen molar-refractivity contribution in [3.63, 3.8) is 0 Å². The Hall–Kier alpha value is -1.84. The number of allylic oxidation sites excluding steroid dienone is 2. The Morgan fingerprint density at radius 1 is 1.50 bits per heavy atom. The van der Waals surface area contributed by atoms with Gasteiger partial charge in [-0.3, -0.25) is 4.79 Å². The van der Waals surface area contributed by atoms with Gasteiger partial charge in [-0.2, -0.15) is 0 Å². The van der Waals surface area contributed by atoms with E-state index in [2.05, 4.69) is 0 Å². The molecule has 4 heteroatoms. The van der Waals surface area contributed by atoms with E-state index in [0.29, 0.717) is 0 Å². The molecule has 0 fully saturated rings. The lowest BCUT2D eigenvalue weighted by Crippen LogP contribution is -2.42. The van der Waals surface area contributed by atoms with Gasteiger partial charge in [-0.1, -0.05) is 12.2 Å². The van der Waals surface area contributed by atoms with Crippen molar-refractivity contribution in [2.75, 3.05) is 6.54 Å². The van der Waals surface area contributed by atoms with Crippen molar-refractivity contribution >= 4 is 11.8 Å². The maximum absolute atomic E-state index is 11.5. The van der Waals surface area contributed by atoms with Crippen LogP contribution in [0.2, 0.25) is 0 Å². The summed E-state index contributed by atoms with van der Waals surface area (Å²) in [6.45, 7) is 0.284. The van der Waals surface area contributed by atoms with Gasteiger partial charge >= 0.3 is 5.97 Å². The number of carboxylic acids is 1. The zero-order chi connectivity index (χ0) is 10.1. The molecule has 0 aromatic rings. The highest BCUT2D eigenvalue weighted by Crippen LogP contribution is 2.18. The molecule has 0 bridgehead atoms. The van der Waals surface area contributed by atoms with E-state index in [1.54, 1.807) is 29.3 Å². The van der Waals surface area contributed by atoms with Gasteiger partial charge in [0.05, 0.1) is 12.1 Å². The maximum Gasteiger partial charge on any atom is 0.333 e. The fourth-order valence-electron chi connectivity index (χ4n) is 1.57. The summed E-state index contributed by atoms with van der Waals surface area (Å²) in [5.74, 6) is -1.20. The minimum atomic E-state index is -1.03. The third-order valence-electron chi connectivity index (χ3n) is 2.27. The van der Waals surface area contributed by atoms with E-state index >= 15 is 0 Å². The van der Waals surface area contributed by atoms with Crippen molar-refractivity contribution in [2.24, 2.45) is 0 Å². The van der Waals surface area contributed by atoms with Crippen LogP contribution < -0.4 is 0 Å². The lowest BCUT2D eigenvalue weighted by molar-refractivity contribution is -0.133. The number of fused-ring (bicyclic) bond motifs is 1. The van der Waals surface area contributed by atoms with Crippen LogP contribution in [0.3, 0.4) is 0 Å². The normalized spacial score (nSPS) is 24.6. The molecule has 0 aromatic heterocycles. The first-order valence-corrected chi connectivity index (χ1v) is 4.27. The number of nitrogens with zero attached hydrogens (tertiary/aromatic N) is 1. The molecule has 0 saturated carbocycles. The third kappa shape index (κ3) is 1.35. The minimum absolute atomic E-state index is 0.145. The quantitative estimate of drug-likeness (QED) is 0.649. The summed E-state index contributed by atoms with van der Waals surface area (Å²) in [6, 6.07) is -0.317. The molecule has 0 radical (unpaired) electrons. The van der Waals surface area contributed by atoms with Gasteiger partial charge in [0.15, 0.2) is 5.78 Å². The van der Waals surface area contributed by atoms with Crippen LogP contribution in [0.15, 0.2) is 36.1 Å². The zero-order valence-electron chi connectivity index (χ0n) is 7.38. The second kappa shape index (κ2) is 3.14. The molecule has 0 aliphatic carbocycles. The van der Waals surface area contributed by atoms with Crippen LogP contribution in [0.4, 0.5) is 0 Å². The zero-order valence-corrected chi connectivity index (χ0v) is 7.38. The summed E-state index contributed by atoms with van der Waals surface area (Å²) in [7, 11) is 0. The highest BCUT2D eigenvalue weighted by atomic mass is 16.4. The number of carbonyl (C=O) groups is 2. The molecule has 4 nitrogen and oxygen atoms in total. The topological polar surface area (TPSA) is 57.6 Å². The smallest absolute Gasteiger partial charge is 0.333 e. The van der Waals surface area contributed by atoms with Gasteiger partial charge in [0.1, 0.15) is 6.04 Å². The Balaban J connectivity index is 2.31. The van der Waals surface area contributed by atoms with Crippen molar-refractivity contribution in [3.05, 3.63) is 36.1 Å². The van der Waals surface area contributed by atoms with Gasteiger partial charge in [0, 0.05) is 6.20 Å². The van der Waals surface area contributed by atoms with Crippen molar-refractivity contribution in [3.8, 4) is 0 Å². The van der Waals surface area contributed by atoms with Crippen molar-refractivity contribution in [1.82, 2.24) is 4.90 Å². The van der Waals surface area contributed by atoms with E-state index in [9.17, 15) is 9.59 Å². The molecule has 0 saturated heterocycles. The molecule has 2 heterocycles. The van der Waals surface area contributed by atoms with Gasteiger partial charge < -0.3 is 10.0 Å². The maximum atomic E-state index is 11.5. The first-order valence-electron chi connectivity index (χ1n) is 4.27. The van der Waals surface area contributed by atoms with Crippen LogP contribution in [-0.2, 0) is 9.59 Å². The summed E-state index contributed by atoms with van der Waals surface area (Å²) >= 11 is 0. The van der Waals surface area contributed by atoms with E-state index in [0.717, 1.165) is 0 Å². The number of rotatable bonds is 1. The summed E-state index contributed by atoms with van der Waals surface area (Å²) in [6.07, 6.45) is 8.29. The Kier molecular flexibility index (Phi) is 1.96. The van der Waals surface area contributed by atoms with Gasteiger partial charge in [0.2, 0.25) is 0 Å². The standard InChI is InChI=1S/C10H9NO3/c12-9-5-7(10(13)14)6-11-4-2-1-3-8(9)11/h1-5,8H,6H2,(H,13,14). The molecule has 0 aromatic carbocycles. The lowest BCUT2D eigenvalue weighted by Gasteiger charge is -2.31. The summed E-state index contributed by atoms with van der Waals surface area (Å²) < 4.78 is 0. The van der Waals surface area contributed by atoms with E-state index in [-0.39, 0.29) is 23.9 Å². The van der Waals surface area contributed by atoms with Crippen molar-refractivity contribution in [2.45, 2.75) is 6.04 Å². The number of hydrogen-bond donors (Lipinski definition) is 1. The second-order valence-corrected chi connectivity index (χ2v) is 3.22. The van der Waals surface area contributed by atoms with Crippen molar-refractivity contribution < 1.29 is 14.7 Å². The average molecular weight is 191 g/mol. The molecule has 2 aliphatic heterocycles. The van der Waals surface area contributed by atoms with E-state index in [1.165, 1.54) is 6.08 Å². The minimum Gasteiger partial charge on any atom is -0.478 e. The molecule has 1 N–H and O–H groups in total. The molecule has 14 heavy (non-hydrogen) atoms. The average Bonchev–Trinajstić information content (AvgIpc) is 2.17. The molecular weight excluding hydrogens is 182 g/mol. The number of aliphatic carboxylic acids is 1. The molecule has 1 atom stereocenters. The van der Waals surface area contributed by atoms with Crippen LogP contribution >= 0.6 is 0 Å². The van der Waals surface area contributed by atoms with E-state index < -0.39 is 5.97 Å². The number of ketones is 1. The first kappa shape index (κ1) is 8.74. The summed E-state index contributed by atoms with van der Waals surface area (Å²) in [5, 5.41) is 8.76. The molecular formula is C10H9NO3. The van der Waals surface area contributed by atoms with Crippen LogP contribution in [0.5, 0.6) is 0 Å². The van der Waals surface area contributed by atoms with Crippen molar-refractivity contribution in [1.29, 1.82) is 0 Å². The second-order valence-electron chi connectivity index (χ2n) is 3.22. The van der Waals surface area contributed by atoms with Crippen LogP contribution in [-0.4, -0.2) is 34.3 Å². The highest BCUT2D eigenvalue weighted by Gasteiger charge is 2.28. The van der Waals surface area contributed by atoms with Crippen LogP contribution in [0, 0.1) is 0 Å². The Labute approximate surface area is 80.8 Å². The summed E-state index contributed by atoms with van der Waals surface area (Å²) in [5.41, 5.74) is 0.145. The molecule has 2 aliphatic rings. The van der Waals surface area contributed by atoms with Gasteiger partial charge in [-0.25, -0.2) is 4.79 Å². The molecule has 1 unspecified atom stereocenters. The van der Waals surface area contributed by atoms with Gasteiger partial charge in [0.25, 0.3) is 0 Å². The lowest BCUT2D eigenvalue weighted by atomic mass is 10.00. The van der Waals surface area contributed by atoms with Gasteiger partial charge in [-0.05, 0) is 12.2 Å². The van der Waals surface area contributed by atoms with E-state index in [4.69, 9.17) is 5.11 Å². The third-order valence-corrected chi connectivity index (χ3v) is 2.27. The number of carbonyl (C=O) groups excluding carboxylic acids is 1. The van der Waals surface area contributed by atoms with Crippen LogP contribution in [0.25, 0.3) is 0 Å². The highest BCUT2D eigenvalue weighted by molar-refractivity contribution is 6.04. The Bertz CT molecular complexity index is 379. The predicted molar refractivity (Wildman–Crippen MR) is 49.5 cm³/mol. The molecule has 0 amide bonds. The SMILES string of the molecule is O=C(O)C1=CC(=O)C2C=CC=CN2C1. The molecule has 72 valence electrons. The Morgan fingerprint density at radius 2 is 2.29 bits per heavy atom. The first-order chi connectivity index (χ1) is 6.68. The van der Waals surface area contributed by atoms with Crippen LogP contribution in [0.1, 0.15) is 0 Å². The largest absolute Gasteiger partial charge is 0.478 e. The Morgan fingerprint density at radius 3 is 3.00 bits per heavy atom. The number of carboxylic acid groups (broad SMARTS) is 1. The fourth-order valence-corrected chi connectivity index (χ4v) is 1.57. The van der Waals surface area contributed by atoms with Gasteiger partial charge in [-0.15, -0.1) is 0 Å². The number of hydrogen-bond acceptors (Lipinski definition) is 3. The summed E-state index contributed by atoms with van der Waals surface area (Å²) in [4.78, 5) is 23.9. The monoisotopic (exact) mass is 191 g/mol. The van der Waals surface area contributed by atoms with E-state index in [1.807, 2.05) is 0 Å².